The van der Waals surface area contributed by atoms with Gasteiger partial charge in [0, 0.05) is 17.9 Å². The number of nitrogens with zero attached hydrogens (tertiary/aromatic N) is 1. The van der Waals surface area contributed by atoms with Crippen molar-refractivity contribution in [2.75, 3.05) is 19.0 Å². The molecule has 1 aromatic heterocycles. The predicted octanol–water partition coefficient (Wildman–Crippen LogP) is 0.756. The molecule has 23 heavy (non-hydrogen) atoms. The normalized spacial score (nSPS) is 16.4. The first-order valence-corrected chi connectivity index (χ1v) is 7.00. The van der Waals surface area contributed by atoms with Crippen molar-refractivity contribution < 1.29 is 19.1 Å². The minimum Gasteiger partial charge on any atom is -0.493 e. The summed E-state index contributed by atoms with van der Waals surface area (Å²) in [5.41, 5.74) is 6.88. The van der Waals surface area contributed by atoms with E-state index >= 15 is 0 Å². The highest BCUT2D eigenvalue weighted by Gasteiger charge is 2.28. The monoisotopic (exact) mass is 316 g/mol. The molecule has 8 nitrogen and oxygen atoms in total. The van der Waals surface area contributed by atoms with Gasteiger partial charge in [0.05, 0.1) is 13.3 Å². The molecule has 0 saturated heterocycles. The van der Waals surface area contributed by atoms with Crippen LogP contribution >= 0.6 is 0 Å². The fourth-order valence-corrected chi connectivity index (χ4v) is 2.61. The molecule has 1 aliphatic rings. The lowest BCUT2D eigenvalue weighted by Gasteiger charge is -2.23. The van der Waals surface area contributed by atoms with E-state index in [1.54, 1.807) is 18.3 Å². The standard InChI is InChI=1S/C15H16N4O4/c1-22-12-4-8(2-3-11(12)23-7-13(16)20)9-5-14(21)18-15-10(9)6-17-19-15/h2-4,6,9H,5,7H2,1H3,(H2,16,20)(H2,17,18,19,21). The van der Waals surface area contributed by atoms with Crippen LogP contribution < -0.4 is 20.5 Å². The molecule has 2 amide bonds. The number of amides is 2. The quantitative estimate of drug-likeness (QED) is 0.752. The number of aromatic nitrogens is 2. The molecule has 0 aliphatic carbocycles. The van der Waals surface area contributed by atoms with Crippen molar-refractivity contribution >= 4 is 17.6 Å². The molecule has 8 heteroatoms. The second-order valence-electron chi connectivity index (χ2n) is 5.17. The van der Waals surface area contributed by atoms with E-state index in [-0.39, 0.29) is 18.4 Å². The fourth-order valence-electron chi connectivity index (χ4n) is 2.61. The molecule has 1 aromatic carbocycles. The maximum Gasteiger partial charge on any atom is 0.255 e. The Kier molecular flexibility index (Phi) is 3.88. The Hall–Kier alpha value is -3.03. The lowest BCUT2D eigenvalue weighted by atomic mass is 9.87. The van der Waals surface area contributed by atoms with E-state index in [0.717, 1.165) is 11.1 Å². The lowest BCUT2D eigenvalue weighted by Crippen LogP contribution is -2.23. The fraction of sp³-hybridized carbons (Fsp3) is 0.267. The highest BCUT2D eigenvalue weighted by Crippen LogP contribution is 2.39. The third-order valence-electron chi connectivity index (χ3n) is 3.66. The van der Waals surface area contributed by atoms with Crippen molar-refractivity contribution in [3.8, 4) is 11.5 Å². The van der Waals surface area contributed by atoms with Crippen LogP contribution in [-0.2, 0) is 9.59 Å². The SMILES string of the molecule is COc1cc(C2CC(=O)Nc3[nH]ncc32)ccc1OCC(N)=O. The molecule has 1 unspecified atom stereocenters. The molecular weight excluding hydrogens is 300 g/mol. The van der Waals surface area contributed by atoms with E-state index in [9.17, 15) is 9.59 Å². The Morgan fingerprint density at radius 3 is 3.00 bits per heavy atom. The number of fused-ring (bicyclic) bond motifs is 1. The zero-order valence-corrected chi connectivity index (χ0v) is 12.5. The molecule has 120 valence electrons. The molecule has 3 rings (SSSR count). The molecule has 2 aromatic rings. The minimum absolute atomic E-state index is 0.0835. The number of nitrogens with two attached hydrogens (primary N) is 1. The van der Waals surface area contributed by atoms with Crippen molar-refractivity contribution in [2.45, 2.75) is 12.3 Å². The Morgan fingerprint density at radius 2 is 2.26 bits per heavy atom. The summed E-state index contributed by atoms with van der Waals surface area (Å²) in [7, 11) is 1.51. The molecule has 0 radical (unpaired) electrons. The van der Waals surface area contributed by atoms with Gasteiger partial charge in [0.25, 0.3) is 5.91 Å². The number of ether oxygens (including phenoxy) is 2. The molecule has 0 fully saturated rings. The average molecular weight is 316 g/mol. The topological polar surface area (TPSA) is 119 Å². The molecule has 0 spiro atoms. The summed E-state index contributed by atoms with van der Waals surface area (Å²) in [5.74, 6) is 0.723. The Labute approximate surface area is 132 Å². The summed E-state index contributed by atoms with van der Waals surface area (Å²) < 4.78 is 10.6. The van der Waals surface area contributed by atoms with Gasteiger partial charge in [0.15, 0.2) is 18.1 Å². The van der Waals surface area contributed by atoms with E-state index in [2.05, 4.69) is 15.5 Å². The first-order chi connectivity index (χ1) is 11.1. The maximum atomic E-state index is 11.8. The number of aromatic amines is 1. The van der Waals surface area contributed by atoms with Gasteiger partial charge in [-0.25, -0.2) is 0 Å². The summed E-state index contributed by atoms with van der Waals surface area (Å²) >= 11 is 0. The van der Waals surface area contributed by atoms with Crippen LogP contribution in [-0.4, -0.2) is 35.7 Å². The largest absolute Gasteiger partial charge is 0.493 e. The van der Waals surface area contributed by atoms with E-state index in [1.807, 2.05) is 6.07 Å². The van der Waals surface area contributed by atoms with Crippen LogP contribution in [0.25, 0.3) is 0 Å². The second-order valence-corrected chi connectivity index (χ2v) is 5.17. The van der Waals surface area contributed by atoms with Crippen LogP contribution in [0.5, 0.6) is 11.5 Å². The number of primary amides is 1. The second kappa shape index (κ2) is 5.99. The molecule has 4 N–H and O–H groups in total. The lowest BCUT2D eigenvalue weighted by molar-refractivity contribution is -0.120. The number of hydrogen-bond donors (Lipinski definition) is 3. The summed E-state index contributed by atoms with van der Waals surface area (Å²) in [6, 6.07) is 5.32. The van der Waals surface area contributed by atoms with Crippen LogP contribution in [0, 0.1) is 0 Å². The Balaban J connectivity index is 1.92. The van der Waals surface area contributed by atoms with Crippen LogP contribution in [0.1, 0.15) is 23.5 Å². The Morgan fingerprint density at radius 1 is 1.43 bits per heavy atom. The van der Waals surface area contributed by atoms with Gasteiger partial charge in [-0.1, -0.05) is 6.07 Å². The van der Waals surface area contributed by atoms with Crippen molar-refractivity contribution in [3.05, 3.63) is 35.5 Å². The van der Waals surface area contributed by atoms with E-state index in [4.69, 9.17) is 15.2 Å². The first kappa shape index (κ1) is 14.9. The number of rotatable bonds is 5. The highest BCUT2D eigenvalue weighted by atomic mass is 16.5. The van der Waals surface area contributed by atoms with Gasteiger partial charge in [-0.15, -0.1) is 0 Å². The molecule has 0 saturated carbocycles. The van der Waals surface area contributed by atoms with E-state index in [1.165, 1.54) is 7.11 Å². The molecular formula is C15H16N4O4. The molecule has 1 aliphatic heterocycles. The number of H-pyrrole nitrogens is 1. The van der Waals surface area contributed by atoms with Crippen LogP contribution in [0.3, 0.4) is 0 Å². The third kappa shape index (κ3) is 2.96. The van der Waals surface area contributed by atoms with Crippen LogP contribution in [0.2, 0.25) is 0 Å². The maximum absolute atomic E-state index is 11.8. The smallest absolute Gasteiger partial charge is 0.255 e. The van der Waals surface area contributed by atoms with Crippen molar-refractivity contribution in [3.63, 3.8) is 0 Å². The minimum atomic E-state index is -0.567. The zero-order valence-electron chi connectivity index (χ0n) is 12.5. The van der Waals surface area contributed by atoms with Gasteiger partial charge >= 0.3 is 0 Å². The van der Waals surface area contributed by atoms with Gasteiger partial charge in [0.1, 0.15) is 5.82 Å². The van der Waals surface area contributed by atoms with Gasteiger partial charge in [-0.2, -0.15) is 5.10 Å². The third-order valence-corrected chi connectivity index (χ3v) is 3.66. The molecule has 0 bridgehead atoms. The number of hydrogen-bond acceptors (Lipinski definition) is 5. The number of carbonyl (C=O) groups is 2. The predicted molar refractivity (Wildman–Crippen MR) is 81.4 cm³/mol. The van der Waals surface area contributed by atoms with E-state index < -0.39 is 5.91 Å². The number of carbonyl (C=O) groups excluding carboxylic acids is 2. The van der Waals surface area contributed by atoms with Crippen LogP contribution in [0.15, 0.2) is 24.4 Å². The Bertz CT molecular complexity index is 756. The van der Waals surface area contributed by atoms with Gasteiger partial charge in [-0.3, -0.25) is 14.7 Å². The van der Waals surface area contributed by atoms with Crippen molar-refractivity contribution in [2.24, 2.45) is 5.73 Å². The first-order valence-electron chi connectivity index (χ1n) is 7.00. The molecule has 1 atom stereocenters. The summed E-state index contributed by atoms with van der Waals surface area (Å²) in [6.07, 6.45) is 2.01. The van der Waals surface area contributed by atoms with E-state index in [0.29, 0.717) is 23.7 Å². The zero-order chi connectivity index (χ0) is 16.4. The number of methoxy groups -OCH3 is 1. The van der Waals surface area contributed by atoms with Crippen molar-refractivity contribution in [1.29, 1.82) is 0 Å². The van der Waals surface area contributed by atoms with Gasteiger partial charge in [0.2, 0.25) is 5.91 Å². The molecule has 2 heterocycles. The number of anilines is 1. The summed E-state index contributed by atoms with van der Waals surface area (Å²) in [4.78, 5) is 22.7. The number of benzene rings is 1. The summed E-state index contributed by atoms with van der Waals surface area (Å²) in [5, 5.41) is 9.50. The number of nitrogens with one attached hydrogen (secondary N) is 2. The van der Waals surface area contributed by atoms with Gasteiger partial charge in [-0.05, 0) is 17.7 Å². The van der Waals surface area contributed by atoms with Gasteiger partial charge < -0.3 is 20.5 Å². The highest BCUT2D eigenvalue weighted by molar-refractivity contribution is 5.94. The average Bonchev–Trinajstić information content (AvgIpc) is 3.00. The summed E-state index contributed by atoms with van der Waals surface area (Å²) in [6.45, 7) is -0.229. The van der Waals surface area contributed by atoms with Crippen molar-refractivity contribution in [1.82, 2.24) is 10.2 Å². The van der Waals surface area contributed by atoms with Crippen LogP contribution in [0.4, 0.5) is 5.82 Å².